The number of pyridine rings is 1. The minimum absolute atomic E-state index is 0.0515. The second-order valence-corrected chi connectivity index (χ2v) is 6.81. The largest absolute Gasteiger partial charge is 0.421 e. The number of fused-ring (bicyclic) bond motifs is 1. The molecule has 8 nitrogen and oxygen atoms in total. The Balaban J connectivity index is 1.73. The maximum atomic E-state index is 10.5. The van der Waals surface area contributed by atoms with Crippen LogP contribution in [0, 0.1) is 25.7 Å². The summed E-state index contributed by atoms with van der Waals surface area (Å²) in [4.78, 5) is 13.1. The normalized spacial score (nSPS) is 13.0. The van der Waals surface area contributed by atoms with E-state index in [0.29, 0.717) is 28.6 Å². The molecular formula is C21H18N6O2. The van der Waals surface area contributed by atoms with Gasteiger partial charge in [-0.25, -0.2) is 15.0 Å². The first-order valence-corrected chi connectivity index (χ1v) is 8.88. The molecule has 3 N–H and O–H groups in total. The predicted octanol–water partition coefficient (Wildman–Crippen LogP) is 2.53. The zero-order chi connectivity index (χ0) is 20.6. The molecule has 0 spiro atoms. The molecule has 0 fully saturated rings. The van der Waals surface area contributed by atoms with Crippen LogP contribution in [0.1, 0.15) is 29.8 Å². The Morgan fingerprint density at radius 2 is 1.97 bits per heavy atom. The summed E-state index contributed by atoms with van der Waals surface area (Å²) in [5.41, 5.74) is 7.47. The number of nitrogens with zero attached hydrogens (tertiary/aromatic N) is 5. The van der Waals surface area contributed by atoms with Crippen molar-refractivity contribution in [3.63, 3.8) is 0 Å². The third-order valence-electron chi connectivity index (χ3n) is 4.40. The van der Waals surface area contributed by atoms with Crippen LogP contribution < -0.4 is 5.73 Å². The van der Waals surface area contributed by atoms with Gasteiger partial charge >= 0.3 is 0 Å². The molecule has 0 saturated heterocycles. The number of benzene rings is 1. The maximum Gasteiger partial charge on any atom is 0.260 e. The summed E-state index contributed by atoms with van der Waals surface area (Å²) in [6.45, 7) is 5.12. The quantitative estimate of drug-likeness (QED) is 0.504. The van der Waals surface area contributed by atoms with E-state index < -0.39 is 5.60 Å². The Morgan fingerprint density at radius 1 is 1.14 bits per heavy atom. The number of nitrogens with two attached hydrogens (primary N) is 1. The van der Waals surface area contributed by atoms with E-state index >= 15 is 0 Å². The van der Waals surface area contributed by atoms with Crippen molar-refractivity contribution in [2.75, 3.05) is 5.73 Å². The highest BCUT2D eigenvalue weighted by atomic mass is 16.4. The van der Waals surface area contributed by atoms with Gasteiger partial charge < -0.3 is 15.3 Å². The molecule has 8 heteroatoms. The van der Waals surface area contributed by atoms with Crippen molar-refractivity contribution in [3.8, 4) is 23.2 Å². The molecule has 0 saturated carbocycles. The fraction of sp³-hybridized carbons (Fsp3) is 0.190. The minimum atomic E-state index is -1.56. The number of nitrogen functional groups attached to an aromatic ring is 1. The van der Waals surface area contributed by atoms with Crippen LogP contribution in [0.15, 0.2) is 41.1 Å². The summed E-state index contributed by atoms with van der Waals surface area (Å²) in [5, 5.41) is 18.9. The second-order valence-electron chi connectivity index (χ2n) is 6.81. The first-order valence-electron chi connectivity index (χ1n) is 8.88. The van der Waals surface area contributed by atoms with Crippen LogP contribution in [-0.4, -0.2) is 30.3 Å². The lowest BCUT2D eigenvalue weighted by Crippen LogP contribution is -2.19. The summed E-state index contributed by atoms with van der Waals surface area (Å²) in [7, 11) is 0. The van der Waals surface area contributed by atoms with Gasteiger partial charge in [0, 0.05) is 35.8 Å². The Kier molecular flexibility index (Phi) is 4.45. The molecule has 144 valence electrons. The van der Waals surface area contributed by atoms with Gasteiger partial charge in [-0.2, -0.15) is 0 Å². The van der Waals surface area contributed by atoms with E-state index in [-0.39, 0.29) is 5.89 Å². The van der Waals surface area contributed by atoms with Crippen molar-refractivity contribution in [3.05, 3.63) is 59.6 Å². The van der Waals surface area contributed by atoms with Crippen LogP contribution in [0.2, 0.25) is 0 Å². The molecule has 29 heavy (non-hydrogen) atoms. The molecule has 1 atom stereocenters. The molecule has 0 amide bonds. The van der Waals surface area contributed by atoms with Crippen LogP contribution in [0.3, 0.4) is 0 Å². The number of aliphatic hydroxyl groups is 1. The first-order chi connectivity index (χ1) is 13.8. The molecule has 0 bridgehead atoms. The predicted molar refractivity (Wildman–Crippen MR) is 107 cm³/mol. The topological polar surface area (TPSA) is 124 Å². The van der Waals surface area contributed by atoms with Crippen LogP contribution in [0.4, 0.5) is 5.82 Å². The number of hydrogen-bond donors (Lipinski definition) is 2. The third kappa shape index (κ3) is 3.63. The number of aromatic nitrogens is 5. The van der Waals surface area contributed by atoms with Crippen LogP contribution >= 0.6 is 0 Å². The van der Waals surface area contributed by atoms with E-state index in [9.17, 15) is 5.11 Å². The second kappa shape index (κ2) is 6.96. The summed E-state index contributed by atoms with van der Waals surface area (Å²) >= 11 is 0. The van der Waals surface area contributed by atoms with Gasteiger partial charge in [-0.05, 0) is 37.6 Å². The summed E-state index contributed by atoms with van der Waals surface area (Å²) < 4.78 is 5.29. The molecule has 0 radical (unpaired) electrons. The van der Waals surface area contributed by atoms with Crippen LogP contribution in [-0.2, 0) is 5.60 Å². The van der Waals surface area contributed by atoms with Crippen molar-refractivity contribution >= 4 is 16.7 Å². The molecule has 4 aromatic rings. The van der Waals surface area contributed by atoms with Gasteiger partial charge in [0.15, 0.2) is 5.82 Å². The summed E-state index contributed by atoms with van der Waals surface area (Å²) in [5.74, 6) is 7.03. The molecule has 0 aliphatic rings. The number of hydrogen-bond acceptors (Lipinski definition) is 8. The highest BCUT2D eigenvalue weighted by Crippen LogP contribution is 2.25. The molecule has 0 aliphatic carbocycles. The Bertz CT molecular complexity index is 1280. The van der Waals surface area contributed by atoms with Gasteiger partial charge in [-0.1, -0.05) is 17.9 Å². The SMILES string of the molecule is Cc1nnc(C(C)(O)C#Cc2ccc(C)c(-c3ncc4ccnc(N)c4n3)c2)o1. The minimum Gasteiger partial charge on any atom is -0.421 e. The molecule has 3 aromatic heterocycles. The fourth-order valence-corrected chi connectivity index (χ4v) is 2.79. The molecule has 0 aliphatic heterocycles. The van der Waals surface area contributed by atoms with Crippen molar-refractivity contribution in [2.45, 2.75) is 26.4 Å². The van der Waals surface area contributed by atoms with Gasteiger partial charge in [-0.15, -0.1) is 10.2 Å². The van der Waals surface area contributed by atoms with E-state index in [1.165, 1.54) is 6.92 Å². The first kappa shape index (κ1) is 18.5. The lowest BCUT2D eigenvalue weighted by atomic mass is 10.0. The zero-order valence-corrected chi connectivity index (χ0v) is 16.1. The molecule has 1 unspecified atom stereocenters. The van der Waals surface area contributed by atoms with Crippen molar-refractivity contribution in [1.29, 1.82) is 0 Å². The lowest BCUT2D eigenvalue weighted by Gasteiger charge is -2.10. The van der Waals surface area contributed by atoms with Crippen LogP contribution in [0.5, 0.6) is 0 Å². The van der Waals surface area contributed by atoms with E-state index in [2.05, 4.69) is 37.0 Å². The van der Waals surface area contributed by atoms with E-state index in [0.717, 1.165) is 16.5 Å². The smallest absolute Gasteiger partial charge is 0.260 e. The third-order valence-corrected chi connectivity index (χ3v) is 4.40. The number of rotatable bonds is 2. The molecular weight excluding hydrogens is 368 g/mol. The lowest BCUT2D eigenvalue weighted by molar-refractivity contribution is 0.0881. The highest BCUT2D eigenvalue weighted by Gasteiger charge is 2.27. The fourth-order valence-electron chi connectivity index (χ4n) is 2.79. The maximum absolute atomic E-state index is 10.5. The summed E-state index contributed by atoms with van der Waals surface area (Å²) in [6, 6.07) is 7.46. The molecule has 3 heterocycles. The Hall–Kier alpha value is -3.83. The molecule has 1 aromatic carbocycles. The standard InChI is InChI=1S/C21H18N6O2/c1-12-4-5-14(6-8-21(3,28)20-27-26-13(2)29-20)10-16(12)19-24-11-15-7-9-23-18(22)17(15)25-19/h4-5,7,9-11,28H,1-3H3,(H2,22,23). The average Bonchev–Trinajstić information content (AvgIpc) is 3.15. The average molecular weight is 386 g/mol. The number of anilines is 1. The Labute approximate surface area is 166 Å². The number of aryl methyl sites for hydroxylation is 2. The van der Waals surface area contributed by atoms with Crippen molar-refractivity contribution in [2.24, 2.45) is 0 Å². The highest BCUT2D eigenvalue weighted by molar-refractivity contribution is 5.87. The van der Waals surface area contributed by atoms with Crippen molar-refractivity contribution in [1.82, 2.24) is 25.1 Å². The van der Waals surface area contributed by atoms with Gasteiger partial charge in [0.1, 0.15) is 11.3 Å². The van der Waals surface area contributed by atoms with E-state index in [1.807, 2.05) is 31.2 Å². The van der Waals surface area contributed by atoms with Gasteiger partial charge in [0.2, 0.25) is 11.5 Å². The zero-order valence-electron chi connectivity index (χ0n) is 16.1. The van der Waals surface area contributed by atoms with Gasteiger partial charge in [-0.3, -0.25) is 0 Å². The Morgan fingerprint density at radius 3 is 2.72 bits per heavy atom. The van der Waals surface area contributed by atoms with E-state index in [4.69, 9.17) is 10.2 Å². The molecule has 4 rings (SSSR count). The van der Waals surface area contributed by atoms with E-state index in [1.54, 1.807) is 19.3 Å². The monoisotopic (exact) mass is 386 g/mol. The summed E-state index contributed by atoms with van der Waals surface area (Å²) in [6.07, 6.45) is 3.34. The van der Waals surface area contributed by atoms with Crippen LogP contribution in [0.25, 0.3) is 22.3 Å². The van der Waals surface area contributed by atoms with Crippen molar-refractivity contribution < 1.29 is 9.52 Å². The van der Waals surface area contributed by atoms with Gasteiger partial charge in [0.05, 0.1) is 0 Å². The van der Waals surface area contributed by atoms with Gasteiger partial charge in [0.25, 0.3) is 5.89 Å².